The van der Waals surface area contributed by atoms with Crippen LogP contribution in [0.1, 0.15) is 42.7 Å². The topological polar surface area (TPSA) is 115 Å². The van der Waals surface area contributed by atoms with E-state index in [4.69, 9.17) is 14.5 Å². The number of carbonyl (C=O) groups excluding carboxylic acids is 1. The van der Waals surface area contributed by atoms with Crippen molar-refractivity contribution in [1.82, 2.24) is 5.16 Å². The van der Waals surface area contributed by atoms with Gasteiger partial charge in [-0.05, 0) is 43.5 Å². The first-order valence-electron chi connectivity index (χ1n) is 11.2. The first-order chi connectivity index (χ1) is 16.6. The summed E-state index contributed by atoms with van der Waals surface area (Å²) in [4.78, 5) is 13.5. The Morgan fingerprint density at radius 3 is 2.79 bits per heavy atom. The fraction of sp³-hybridized carbons (Fsp3) is 0.423. The monoisotopic (exact) mass is 468 g/mol. The number of hydrogen-bond acceptors (Lipinski definition) is 8. The Hall–Kier alpha value is -3.57. The Balaban J connectivity index is 0.00000107. The SMILES string of the molecule is C#N.C=C1Cc2ccccc2N(CCCCCc2cc(COCCC(=O)OC)on2)C1.C=CN. The van der Waals surface area contributed by atoms with Crippen molar-refractivity contribution in [2.45, 2.75) is 45.1 Å². The van der Waals surface area contributed by atoms with Gasteiger partial charge in [-0.1, -0.05) is 48.5 Å². The molecule has 0 fully saturated rings. The lowest BCUT2D eigenvalue weighted by atomic mass is 9.98. The van der Waals surface area contributed by atoms with E-state index in [1.807, 2.05) is 6.07 Å². The number of esters is 1. The van der Waals surface area contributed by atoms with Crippen LogP contribution in [0.2, 0.25) is 0 Å². The molecule has 1 aromatic carbocycles. The number of carbonyl (C=O) groups is 1. The molecule has 0 amide bonds. The standard InChI is InChI=1S/C23H30N2O4.C2H5N.CHN/c1-18-14-19-8-5-6-10-22(19)25(16-18)12-7-3-4-9-20-15-21(29-24-20)17-28-13-11-23(26)27-2;1-2-3;1-2/h5-6,8,10,15H,1,3-4,7,9,11-14,16-17H2,2H3;2H,1,3H2;1H. The maximum absolute atomic E-state index is 11.0. The minimum Gasteiger partial charge on any atom is -0.469 e. The van der Waals surface area contributed by atoms with Crippen LogP contribution in [0.4, 0.5) is 5.69 Å². The van der Waals surface area contributed by atoms with Crippen molar-refractivity contribution >= 4 is 11.7 Å². The Morgan fingerprint density at radius 1 is 1.32 bits per heavy atom. The zero-order valence-electron chi connectivity index (χ0n) is 20.1. The second-order valence-corrected chi connectivity index (χ2v) is 7.69. The third-order valence-electron chi connectivity index (χ3n) is 5.08. The fourth-order valence-corrected chi connectivity index (χ4v) is 3.61. The Kier molecular flexibility index (Phi) is 14.2. The molecule has 8 heteroatoms. The molecule has 1 aliphatic rings. The van der Waals surface area contributed by atoms with Crippen LogP contribution >= 0.6 is 0 Å². The molecule has 0 saturated carbocycles. The fourth-order valence-electron chi connectivity index (χ4n) is 3.61. The smallest absolute Gasteiger partial charge is 0.307 e. The maximum Gasteiger partial charge on any atom is 0.307 e. The number of anilines is 1. The second kappa shape index (κ2) is 17.0. The summed E-state index contributed by atoms with van der Waals surface area (Å²) in [6, 6.07) is 10.6. The molecule has 0 unspecified atom stereocenters. The van der Waals surface area contributed by atoms with Crippen LogP contribution < -0.4 is 10.6 Å². The molecule has 184 valence electrons. The minimum absolute atomic E-state index is 0.242. The van der Waals surface area contributed by atoms with Crippen molar-refractivity contribution < 1.29 is 18.8 Å². The number of fused-ring (bicyclic) bond motifs is 1. The minimum atomic E-state index is -0.277. The molecule has 2 N–H and O–H groups in total. The van der Waals surface area contributed by atoms with E-state index in [1.165, 1.54) is 30.1 Å². The number of para-hydroxylation sites is 1. The summed E-state index contributed by atoms with van der Waals surface area (Å²) in [6.07, 6.45) is 6.74. The Bertz CT molecular complexity index is 907. The van der Waals surface area contributed by atoms with Crippen LogP contribution in [0.25, 0.3) is 0 Å². The van der Waals surface area contributed by atoms with E-state index in [0.717, 1.165) is 50.9 Å². The molecule has 0 aliphatic carbocycles. The third-order valence-corrected chi connectivity index (χ3v) is 5.08. The number of nitrogens with two attached hydrogens (primary N) is 1. The summed E-state index contributed by atoms with van der Waals surface area (Å²) in [7, 11) is 1.37. The molecule has 0 atom stereocenters. The molecule has 3 rings (SSSR count). The number of nitriles is 1. The van der Waals surface area contributed by atoms with E-state index in [9.17, 15) is 4.79 Å². The van der Waals surface area contributed by atoms with E-state index >= 15 is 0 Å². The van der Waals surface area contributed by atoms with Crippen LogP contribution in [0.3, 0.4) is 0 Å². The van der Waals surface area contributed by atoms with Gasteiger partial charge in [-0.15, -0.1) is 0 Å². The van der Waals surface area contributed by atoms with Gasteiger partial charge in [0, 0.05) is 31.4 Å². The molecule has 2 aromatic rings. The predicted octanol–water partition coefficient (Wildman–Crippen LogP) is 4.31. The lowest BCUT2D eigenvalue weighted by Gasteiger charge is -2.32. The average Bonchev–Trinajstić information content (AvgIpc) is 3.30. The highest BCUT2D eigenvalue weighted by atomic mass is 16.5. The van der Waals surface area contributed by atoms with Gasteiger partial charge in [-0.25, -0.2) is 5.26 Å². The van der Waals surface area contributed by atoms with Crippen molar-refractivity contribution in [2.75, 3.05) is 31.7 Å². The van der Waals surface area contributed by atoms with Gasteiger partial charge in [-0.3, -0.25) is 4.79 Å². The van der Waals surface area contributed by atoms with Gasteiger partial charge in [0.05, 0.1) is 25.8 Å². The number of aromatic nitrogens is 1. The number of aryl methyl sites for hydroxylation is 1. The van der Waals surface area contributed by atoms with Gasteiger partial charge in [0.2, 0.25) is 0 Å². The highest BCUT2D eigenvalue weighted by Gasteiger charge is 2.17. The van der Waals surface area contributed by atoms with E-state index < -0.39 is 0 Å². The number of benzene rings is 1. The largest absolute Gasteiger partial charge is 0.469 e. The number of methoxy groups -OCH3 is 1. The Labute approximate surface area is 202 Å². The summed E-state index contributed by atoms with van der Waals surface area (Å²) in [5.41, 5.74) is 9.59. The summed E-state index contributed by atoms with van der Waals surface area (Å²) in [5, 5.41) is 10.6. The normalized spacial score (nSPS) is 11.9. The van der Waals surface area contributed by atoms with Gasteiger partial charge < -0.3 is 24.6 Å². The quantitative estimate of drug-likeness (QED) is 0.295. The molecule has 0 bridgehead atoms. The number of ether oxygens (including phenoxy) is 2. The number of unbranched alkanes of at least 4 members (excludes halogenated alkanes) is 2. The summed E-state index contributed by atoms with van der Waals surface area (Å²) in [5.74, 6) is 0.411. The second-order valence-electron chi connectivity index (χ2n) is 7.69. The van der Waals surface area contributed by atoms with Crippen LogP contribution in [0, 0.1) is 11.8 Å². The summed E-state index contributed by atoms with van der Waals surface area (Å²) >= 11 is 0. The van der Waals surface area contributed by atoms with Crippen LogP contribution in [-0.2, 0) is 33.7 Å². The zero-order chi connectivity index (χ0) is 25.2. The maximum atomic E-state index is 11.0. The summed E-state index contributed by atoms with van der Waals surface area (Å²) in [6.45, 7) is 13.5. The van der Waals surface area contributed by atoms with Gasteiger partial charge in [-0.2, -0.15) is 0 Å². The first-order valence-corrected chi connectivity index (χ1v) is 11.2. The van der Waals surface area contributed by atoms with E-state index in [2.05, 4.69) is 64.5 Å². The van der Waals surface area contributed by atoms with Crippen molar-refractivity contribution in [3.8, 4) is 6.57 Å². The molecule has 0 saturated heterocycles. The molecular formula is C26H36N4O4. The van der Waals surface area contributed by atoms with Crippen molar-refractivity contribution in [1.29, 1.82) is 5.26 Å². The first kappa shape index (κ1) is 28.5. The predicted molar refractivity (Wildman–Crippen MR) is 133 cm³/mol. The molecule has 1 aromatic heterocycles. The molecule has 0 spiro atoms. The van der Waals surface area contributed by atoms with Gasteiger partial charge in [0.15, 0.2) is 5.76 Å². The van der Waals surface area contributed by atoms with Crippen LogP contribution in [0.5, 0.6) is 0 Å². The molecule has 8 nitrogen and oxygen atoms in total. The third kappa shape index (κ3) is 10.4. The van der Waals surface area contributed by atoms with Crippen molar-refractivity contribution in [2.24, 2.45) is 5.73 Å². The Morgan fingerprint density at radius 2 is 2.06 bits per heavy atom. The van der Waals surface area contributed by atoms with Gasteiger partial charge >= 0.3 is 5.97 Å². The number of nitrogens with zero attached hydrogens (tertiary/aromatic N) is 3. The molecule has 0 radical (unpaired) electrons. The van der Waals surface area contributed by atoms with E-state index in [-0.39, 0.29) is 12.4 Å². The van der Waals surface area contributed by atoms with E-state index in [0.29, 0.717) is 19.0 Å². The zero-order valence-corrected chi connectivity index (χ0v) is 20.1. The highest BCUT2D eigenvalue weighted by molar-refractivity contribution is 5.69. The van der Waals surface area contributed by atoms with Gasteiger partial charge in [0.25, 0.3) is 0 Å². The van der Waals surface area contributed by atoms with E-state index in [1.54, 1.807) is 0 Å². The van der Waals surface area contributed by atoms with Crippen molar-refractivity contribution in [3.05, 3.63) is 72.3 Å². The molecule has 2 heterocycles. The molecule has 1 aliphatic heterocycles. The highest BCUT2D eigenvalue weighted by Crippen LogP contribution is 2.28. The molecular weight excluding hydrogens is 432 g/mol. The number of hydrogen-bond donors (Lipinski definition) is 1. The van der Waals surface area contributed by atoms with Gasteiger partial charge in [0.1, 0.15) is 6.61 Å². The van der Waals surface area contributed by atoms with Crippen LogP contribution in [-0.4, -0.2) is 37.9 Å². The summed E-state index contributed by atoms with van der Waals surface area (Å²) < 4.78 is 15.3. The lowest BCUT2D eigenvalue weighted by molar-refractivity contribution is -0.142. The lowest BCUT2D eigenvalue weighted by Crippen LogP contribution is -2.31. The molecule has 34 heavy (non-hydrogen) atoms. The average molecular weight is 469 g/mol. The van der Waals surface area contributed by atoms with Crippen LogP contribution in [0.15, 0.2) is 59.8 Å². The number of rotatable bonds is 11. The van der Waals surface area contributed by atoms with Crippen molar-refractivity contribution in [3.63, 3.8) is 0 Å².